The van der Waals surface area contributed by atoms with Gasteiger partial charge in [0.1, 0.15) is 11.8 Å². The first kappa shape index (κ1) is 28.4. The molecule has 0 fully saturated rings. The van der Waals surface area contributed by atoms with Crippen molar-refractivity contribution in [3.8, 4) is 17.2 Å². The maximum atomic E-state index is 14.0. The van der Waals surface area contributed by atoms with E-state index in [0.29, 0.717) is 61.5 Å². The number of nitrogens with zero attached hydrogens (tertiary/aromatic N) is 2. The van der Waals surface area contributed by atoms with Gasteiger partial charge in [-0.15, -0.1) is 0 Å². The fraction of sp³-hybridized carbons (Fsp3) is 0.345. The van der Waals surface area contributed by atoms with Gasteiger partial charge < -0.3 is 18.9 Å². The van der Waals surface area contributed by atoms with Crippen LogP contribution in [0.1, 0.15) is 50.8 Å². The lowest BCUT2D eigenvalue weighted by atomic mass is 9.93. The quantitative estimate of drug-likeness (QED) is 0.330. The normalized spacial score (nSPS) is 15.0. The molecule has 0 spiro atoms. The molecule has 2 aromatic carbocycles. The standard InChI is InChI=1S/C29H31ClN2O6S/c1-6-9-20-25(28(34)38-8-3)26(19-16-18(30)11-13-21(19)35-4)32-27(33)24(39-29(32)31-20)15-17-10-12-22(36-5)23(14-17)37-7-2/h10-16,26H,6-9H2,1-5H3/b24-15+/t26-/m0/s1. The van der Waals surface area contributed by atoms with Crippen molar-refractivity contribution in [2.45, 2.75) is 39.7 Å². The van der Waals surface area contributed by atoms with E-state index < -0.39 is 12.0 Å². The molecule has 3 aromatic rings. The summed E-state index contributed by atoms with van der Waals surface area (Å²) in [7, 11) is 3.12. The van der Waals surface area contributed by atoms with Crippen LogP contribution in [0.4, 0.5) is 0 Å². The molecule has 1 atom stereocenters. The number of thiazole rings is 1. The highest BCUT2D eigenvalue weighted by atomic mass is 35.5. The molecule has 206 valence electrons. The van der Waals surface area contributed by atoms with E-state index in [2.05, 4.69) is 0 Å². The minimum atomic E-state index is -0.826. The van der Waals surface area contributed by atoms with Crippen molar-refractivity contribution in [3.05, 3.63) is 83.5 Å². The average molecular weight is 571 g/mol. The zero-order chi connectivity index (χ0) is 28.1. The summed E-state index contributed by atoms with van der Waals surface area (Å²) in [5.41, 5.74) is 1.93. The first-order valence-corrected chi connectivity index (χ1v) is 13.9. The molecule has 2 heterocycles. The number of esters is 1. The van der Waals surface area contributed by atoms with Crippen LogP contribution in [0.5, 0.6) is 17.2 Å². The van der Waals surface area contributed by atoms with Crippen molar-refractivity contribution in [3.63, 3.8) is 0 Å². The van der Waals surface area contributed by atoms with E-state index in [0.717, 1.165) is 12.0 Å². The Labute approximate surface area is 235 Å². The van der Waals surface area contributed by atoms with Crippen molar-refractivity contribution in [1.82, 2.24) is 4.57 Å². The summed E-state index contributed by atoms with van der Waals surface area (Å²) in [6.45, 7) is 6.30. The van der Waals surface area contributed by atoms with E-state index in [1.165, 1.54) is 23.0 Å². The van der Waals surface area contributed by atoms with Gasteiger partial charge in [0.2, 0.25) is 0 Å². The molecule has 0 amide bonds. The van der Waals surface area contributed by atoms with Crippen LogP contribution < -0.4 is 29.1 Å². The topological polar surface area (TPSA) is 88.4 Å². The Hall–Kier alpha value is -3.56. The molecule has 0 aliphatic carbocycles. The molecule has 8 nitrogen and oxygen atoms in total. The Morgan fingerprint density at radius 3 is 2.46 bits per heavy atom. The Morgan fingerprint density at radius 2 is 1.79 bits per heavy atom. The zero-order valence-electron chi connectivity index (χ0n) is 22.6. The molecule has 0 bridgehead atoms. The Balaban J connectivity index is 2.01. The van der Waals surface area contributed by atoms with Crippen LogP contribution in [0.25, 0.3) is 6.08 Å². The van der Waals surface area contributed by atoms with Crippen molar-refractivity contribution in [2.24, 2.45) is 4.99 Å². The third kappa shape index (κ3) is 5.74. The number of aromatic nitrogens is 1. The van der Waals surface area contributed by atoms with Crippen LogP contribution in [0, 0.1) is 0 Å². The molecule has 0 saturated heterocycles. The lowest BCUT2D eigenvalue weighted by Crippen LogP contribution is -2.40. The van der Waals surface area contributed by atoms with Crippen LogP contribution in [-0.4, -0.2) is 38.0 Å². The fourth-order valence-corrected chi connectivity index (χ4v) is 5.74. The number of ether oxygens (including phenoxy) is 4. The fourth-order valence-electron chi connectivity index (χ4n) is 4.54. The van der Waals surface area contributed by atoms with Gasteiger partial charge in [0.15, 0.2) is 16.3 Å². The molecule has 1 aliphatic heterocycles. The van der Waals surface area contributed by atoms with Gasteiger partial charge in [0.05, 0.1) is 43.2 Å². The van der Waals surface area contributed by atoms with E-state index in [4.69, 9.17) is 35.5 Å². The van der Waals surface area contributed by atoms with Gasteiger partial charge >= 0.3 is 5.97 Å². The summed E-state index contributed by atoms with van der Waals surface area (Å²) in [5.74, 6) is 1.15. The summed E-state index contributed by atoms with van der Waals surface area (Å²) in [6.07, 6.45) is 3.07. The first-order valence-electron chi connectivity index (χ1n) is 12.7. The Bertz CT molecular complexity index is 1590. The number of allylic oxidation sites excluding steroid dienone is 1. The minimum Gasteiger partial charge on any atom is -0.496 e. The SMILES string of the molecule is CCCC1=C(C(=O)OCC)[C@H](c2cc(Cl)ccc2OC)n2c(s/c(=C/c3ccc(OC)c(OCC)c3)c2=O)=N1. The van der Waals surface area contributed by atoms with Crippen LogP contribution >= 0.6 is 22.9 Å². The number of rotatable bonds is 10. The maximum absolute atomic E-state index is 14.0. The second-order valence-electron chi connectivity index (χ2n) is 8.64. The minimum absolute atomic E-state index is 0.186. The van der Waals surface area contributed by atoms with Crippen molar-refractivity contribution in [1.29, 1.82) is 0 Å². The number of benzene rings is 2. The van der Waals surface area contributed by atoms with Crippen LogP contribution in [0.2, 0.25) is 5.02 Å². The number of hydrogen-bond donors (Lipinski definition) is 0. The molecule has 0 saturated carbocycles. The highest BCUT2D eigenvalue weighted by Crippen LogP contribution is 2.38. The number of hydrogen-bond acceptors (Lipinski definition) is 8. The number of methoxy groups -OCH3 is 2. The van der Waals surface area contributed by atoms with Gasteiger partial charge in [-0.1, -0.05) is 42.3 Å². The van der Waals surface area contributed by atoms with Gasteiger partial charge in [0.25, 0.3) is 5.56 Å². The zero-order valence-corrected chi connectivity index (χ0v) is 24.1. The molecular weight excluding hydrogens is 540 g/mol. The smallest absolute Gasteiger partial charge is 0.338 e. The Kier molecular flexibility index (Phi) is 9.14. The summed E-state index contributed by atoms with van der Waals surface area (Å²) < 4.78 is 24.2. The lowest BCUT2D eigenvalue weighted by molar-refractivity contribution is -0.139. The number of halogens is 1. The molecule has 0 N–H and O–H groups in total. The van der Waals surface area contributed by atoms with Crippen LogP contribution in [-0.2, 0) is 9.53 Å². The van der Waals surface area contributed by atoms with E-state index in [1.807, 2.05) is 26.0 Å². The predicted molar refractivity (Wildman–Crippen MR) is 152 cm³/mol. The number of fused-ring (bicyclic) bond motifs is 1. The molecule has 1 aromatic heterocycles. The lowest BCUT2D eigenvalue weighted by Gasteiger charge is -2.27. The van der Waals surface area contributed by atoms with E-state index in [-0.39, 0.29) is 12.2 Å². The van der Waals surface area contributed by atoms with E-state index in [9.17, 15) is 9.59 Å². The average Bonchev–Trinajstić information content (AvgIpc) is 3.22. The highest BCUT2D eigenvalue weighted by molar-refractivity contribution is 7.07. The van der Waals surface area contributed by atoms with E-state index in [1.54, 1.807) is 44.4 Å². The van der Waals surface area contributed by atoms with Crippen LogP contribution in [0.15, 0.2) is 57.5 Å². The number of carbonyl (C=O) groups excluding carboxylic acids is 1. The molecule has 1 aliphatic rings. The molecule has 0 radical (unpaired) electrons. The number of carbonyl (C=O) groups is 1. The van der Waals surface area contributed by atoms with Gasteiger partial charge in [-0.25, -0.2) is 9.79 Å². The summed E-state index contributed by atoms with van der Waals surface area (Å²) in [5, 5.41) is 0.451. The summed E-state index contributed by atoms with van der Waals surface area (Å²) in [6, 6.07) is 9.79. The third-order valence-electron chi connectivity index (χ3n) is 6.16. The van der Waals surface area contributed by atoms with E-state index >= 15 is 0 Å². The largest absolute Gasteiger partial charge is 0.496 e. The molecule has 39 heavy (non-hydrogen) atoms. The Morgan fingerprint density at radius 1 is 1.05 bits per heavy atom. The highest BCUT2D eigenvalue weighted by Gasteiger charge is 2.36. The molecule has 0 unspecified atom stereocenters. The second-order valence-corrected chi connectivity index (χ2v) is 10.1. The monoisotopic (exact) mass is 570 g/mol. The molecule has 4 rings (SSSR count). The van der Waals surface area contributed by atoms with Gasteiger partial charge in [-0.3, -0.25) is 9.36 Å². The second kappa shape index (κ2) is 12.5. The maximum Gasteiger partial charge on any atom is 0.338 e. The van der Waals surface area contributed by atoms with Crippen molar-refractivity contribution in [2.75, 3.05) is 27.4 Å². The summed E-state index contributed by atoms with van der Waals surface area (Å²) in [4.78, 5) is 32.6. The van der Waals surface area contributed by atoms with Crippen molar-refractivity contribution < 1.29 is 23.7 Å². The predicted octanol–water partition coefficient (Wildman–Crippen LogP) is 4.65. The molecular formula is C29H31ClN2O6S. The first-order chi connectivity index (χ1) is 18.9. The van der Waals surface area contributed by atoms with Crippen molar-refractivity contribution >= 4 is 35.0 Å². The van der Waals surface area contributed by atoms with Gasteiger partial charge in [-0.2, -0.15) is 0 Å². The third-order valence-corrected chi connectivity index (χ3v) is 7.38. The molecule has 10 heteroatoms. The van der Waals surface area contributed by atoms with Gasteiger partial charge in [-0.05, 0) is 62.2 Å². The summed E-state index contributed by atoms with van der Waals surface area (Å²) >= 11 is 7.65. The van der Waals surface area contributed by atoms with Gasteiger partial charge in [0, 0.05) is 10.6 Å². The van der Waals surface area contributed by atoms with Crippen LogP contribution in [0.3, 0.4) is 0 Å².